The van der Waals surface area contributed by atoms with Gasteiger partial charge in [0.15, 0.2) is 0 Å². The van der Waals surface area contributed by atoms with Gasteiger partial charge in [-0.3, -0.25) is 4.90 Å². The molecule has 0 amide bonds. The average Bonchev–Trinajstić information content (AvgIpc) is 2.27. The largest absolute Gasteiger partial charge is 0.492 e. The third kappa shape index (κ3) is 5.89. The zero-order valence-corrected chi connectivity index (χ0v) is 11.2. The summed E-state index contributed by atoms with van der Waals surface area (Å²) in [6.07, 6.45) is -4.20. The molecule has 0 bridgehead atoms. The van der Waals surface area contributed by atoms with E-state index in [0.717, 1.165) is 4.90 Å². The number of nitrogens with zero attached hydrogens (tertiary/aromatic N) is 1. The molecule has 2 N–H and O–H groups in total. The first-order valence-electron chi connectivity index (χ1n) is 5.56. The van der Waals surface area contributed by atoms with Gasteiger partial charge in [0, 0.05) is 6.54 Å². The Labute approximate surface area is 115 Å². The van der Waals surface area contributed by atoms with E-state index in [1.165, 1.54) is 7.05 Å². The van der Waals surface area contributed by atoms with Crippen LogP contribution in [0.4, 0.5) is 13.2 Å². The Morgan fingerprint density at radius 3 is 2.58 bits per heavy atom. The predicted molar refractivity (Wildman–Crippen MR) is 71.4 cm³/mol. The lowest BCUT2D eigenvalue weighted by atomic mass is 10.2. The molecule has 0 spiro atoms. The van der Waals surface area contributed by atoms with Crippen molar-refractivity contribution in [2.45, 2.75) is 6.18 Å². The fourth-order valence-electron chi connectivity index (χ4n) is 1.49. The van der Waals surface area contributed by atoms with Crippen LogP contribution in [-0.4, -0.2) is 42.8 Å². The number of alkyl halides is 3. The molecule has 1 aromatic carbocycles. The van der Waals surface area contributed by atoms with Gasteiger partial charge in [0.25, 0.3) is 0 Å². The lowest BCUT2D eigenvalue weighted by Gasteiger charge is -2.19. The van der Waals surface area contributed by atoms with Crippen molar-refractivity contribution in [1.29, 1.82) is 0 Å². The normalized spacial score (nSPS) is 11.6. The van der Waals surface area contributed by atoms with Gasteiger partial charge in [0.1, 0.15) is 17.3 Å². The minimum absolute atomic E-state index is 0.131. The van der Waals surface area contributed by atoms with Gasteiger partial charge in [-0.05, 0) is 19.2 Å². The molecular weight excluding hydrogens is 277 g/mol. The summed E-state index contributed by atoms with van der Waals surface area (Å²) in [7, 11) is 1.39. The highest BCUT2D eigenvalue weighted by molar-refractivity contribution is 7.80. The van der Waals surface area contributed by atoms with E-state index in [-0.39, 0.29) is 18.1 Å². The molecule has 106 valence electrons. The number of benzene rings is 1. The molecule has 0 aliphatic rings. The fourth-order valence-corrected chi connectivity index (χ4v) is 1.66. The third-order valence-corrected chi connectivity index (χ3v) is 2.55. The monoisotopic (exact) mass is 292 g/mol. The van der Waals surface area contributed by atoms with Crippen LogP contribution in [0.5, 0.6) is 5.75 Å². The van der Waals surface area contributed by atoms with E-state index in [0.29, 0.717) is 11.3 Å². The first kappa shape index (κ1) is 15.7. The Balaban J connectivity index is 2.48. The smallest absolute Gasteiger partial charge is 0.401 e. The number of likely N-dealkylation sites (N-methyl/N-ethyl adjacent to an activating group) is 1. The Morgan fingerprint density at radius 2 is 2.00 bits per heavy atom. The molecule has 0 atom stereocenters. The minimum Gasteiger partial charge on any atom is -0.492 e. The summed E-state index contributed by atoms with van der Waals surface area (Å²) >= 11 is 4.86. The van der Waals surface area contributed by atoms with Gasteiger partial charge in [0.05, 0.1) is 12.1 Å². The standard InChI is InChI=1S/C12H15F3N2OS/c1-17(8-12(13,14)15)6-7-18-10-5-3-2-4-9(10)11(16)19/h2-5H,6-8H2,1H3,(H2,16,19). The van der Waals surface area contributed by atoms with Crippen molar-refractivity contribution in [3.05, 3.63) is 29.8 Å². The van der Waals surface area contributed by atoms with Crippen LogP contribution >= 0.6 is 12.2 Å². The van der Waals surface area contributed by atoms with Crippen molar-refractivity contribution in [2.75, 3.05) is 26.7 Å². The molecule has 0 unspecified atom stereocenters. The summed E-state index contributed by atoms with van der Waals surface area (Å²) in [4.78, 5) is 1.34. The molecule has 0 aromatic heterocycles. The maximum atomic E-state index is 12.1. The fraction of sp³-hybridized carbons (Fsp3) is 0.417. The maximum absolute atomic E-state index is 12.1. The van der Waals surface area contributed by atoms with E-state index >= 15 is 0 Å². The van der Waals surface area contributed by atoms with Crippen molar-refractivity contribution in [3.63, 3.8) is 0 Å². The van der Waals surface area contributed by atoms with Crippen LogP contribution < -0.4 is 10.5 Å². The highest BCUT2D eigenvalue weighted by atomic mass is 32.1. The number of ether oxygens (including phenoxy) is 1. The molecule has 0 radical (unpaired) electrons. The van der Waals surface area contributed by atoms with E-state index in [1.807, 2.05) is 0 Å². The predicted octanol–water partition coefficient (Wildman–Crippen LogP) is 2.19. The number of nitrogens with two attached hydrogens (primary N) is 1. The lowest BCUT2D eigenvalue weighted by Crippen LogP contribution is -2.34. The molecule has 0 aliphatic heterocycles. The van der Waals surface area contributed by atoms with Gasteiger partial charge in [-0.2, -0.15) is 13.2 Å². The van der Waals surface area contributed by atoms with E-state index in [4.69, 9.17) is 22.7 Å². The van der Waals surface area contributed by atoms with Gasteiger partial charge in [-0.15, -0.1) is 0 Å². The van der Waals surface area contributed by atoms with Crippen molar-refractivity contribution in [1.82, 2.24) is 4.90 Å². The first-order chi connectivity index (χ1) is 8.79. The molecule has 7 heteroatoms. The lowest BCUT2D eigenvalue weighted by molar-refractivity contribution is -0.143. The van der Waals surface area contributed by atoms with Crippen LogP contribution in [0.15, 0.2) is 24.3 Å². The van der Waals surface area contributed by atoms with Crippen LogP contribution in [0.1, 0.15) is 5.56 Å². The molecule has 0 saturated heterocycles. The second-order valence-electron chi connectivity index (χ2n) is 4.06. The molecule has 0 aliphatic carbocycles. The first-order valence-corrected chi connectivity index (χ1v) is 5.97. The second-order valence-corrected chi connectivity index (χ2v) is 4.50. The molecular formula is C12H15F3N2OS. The number of rotatable bonds is 6. The SMILES string of the molecule is CN(CCOc1ccccc1C(N)=S)CC(F)(F)F. The number of hydrogen-bond acceptors (Lipinski definition) is 3. The van der Waals surface area contributed by atoms with Crippen molar-refractivity contribution in [3.8, 4) is 5.75 Å². The Hall–Kier alpha value is -1.34. The Bertz CT molecular complexity index is 437. The highest BCUT2D eigenvalue weighted by Crippen LogP contribution is 2.18. The van der Waals surface area contributed by atoms with Gasteiger partial charge in [0.2, 0.25) is 0 Å². The second kappa shape index (κ2) is 6.72. The van der Waals surface area contributed by atoms with Crippen LogP contribution in [0.3, 0.4) is 0 Å². The quantitative estimate of drug-likeness (QED) is 0.816. The molecule has 0 fully saturated rings. The van der Waals surface area contributed by atoms with Crippen LogP contribution in [0, 0.1) is 0 Å². The summed E-state index contributed by atoms with van der Waals surface area (Å²) in [6, 6.07) is 6.89. The van der Waals surface area contributed by atoms with Gasteiger partial charge < -0.3 is 10.5 Å². The molecule has 1 rings (SSSR count). The van der Waals surface area contributed by atoms with E-state index < -0.39 is 12.7 Å². The summed E-state index contributed by atoms with van der Waals surface area (Å²) in [5.74, 6) is 0.482. The topological polar surface area (TPSA) is 38.5 Å². The minimum atomic E-state index is -4.20. The maximum Gasteiger partial charge on any atom is 0.401 e. The van der Waals surface area contributed by atoms with E-state index in [2.05, 4.69) is 0 Å². The molecule has 1 aromatic rings. The Morgan fingerprint density at radius 1 is 1.37 bits per heavy atom. The summed E-state index contributed by atoms with van der Waals surface area (Å²) < 4.78 is 41.7. The highest BCUT2D eigenvalue weighted by Gasteiger charge is 2.28. The molecule has 19 heavy (non-hydrogen) atoms. The summed E-state index contributed by atoms with van der Waals surface area (Å²) in [5.41, 5.74) is 6.10. The zero-order chi connectivity index (χ0) is 14.5. The Kier molecular flexibility index (Phi) is 5.56. The number of thiocarbonyl (C=S) groups is 1. The number of para-hydroxylation sites is 1. The van der Waals surface area contributed by atoms with Crippen LogP contribution in [0.25, 0.3) is 0 Å². The van der Waals surface area contributed by atoms with Crippen molar-refractivity contribution >= 4 is 17.2 Å². The molecule has 3 nitrogen and oxygen atoms in total. The van der Waals surface area contributed by atoms with Crippen LogP contribution in [-0.2, 0) is 0 Å². The average molecular weight is 292 g/mol. The van der Waals surface area contributed by atoms with Crippen molar-refractivity contribution in [2.24, 2.45) is 5.73 Å². The number of hydrogen-bond donors (Lipinski definition) is 1. The van der Waals surface area contributed by atoms with E-state index in [1.54, 1.807) is 24.3 Å². The summed E-state index contributed by atoms with van der Waals surface area (Å²) in [6.45, 7) is -0.676. The van der Waals surface area contributed by atoms with Crippen LogP contribution in [0.2, 0.25) is 0 Å². The van der Waals surface area contributed by atoms with Gasteiger partial charge >= 0.3 is 6.18 Å². The number of halogens is 3. The van der Waals surface area contributed by atoms with Crippen molar-refractivity contribution < 1.29 is 17.9 Å². The molecule has 0 heterocycles. The zero-order valence-electron chi connectivity index (χ0n) is 10.4. The van der Waals surface area contributed by atoms with Gasteiger partial charge in [-0.1, -0.05) is 24.4 Å². The summed E-state index contributed by atoms with van der Waals surface area (Å²) in [5, 5.41) is 0. The van der Waals surface area contributed by atoms with Gasteiger partial charge in [-0.25, -0.2) is 0 Å². The third-order valence-electron chi connectivity index (χ3n) is 2.33. The van der Waals surface area contributed by atoms with E-state index in [9.17, 15) is 13.2 Å². The molecule has 0 saturated carbocycles.